The number of aromatic nitrogens is 1. The van der Waals surface area contributed by atoms with Crippen LogP contribution in [-0.2, 0) is 9.59 Å². The maximum Gasteiger partial charge on any atom is 0.328 e. The van der Waals surface area contributed by atoms with Gasteiger partial charge >= 0.3 is 11.8 Å². The second kappa shape index (κ2) is 9.60. The van der Waals surface area contributed by atoms with Crippen LogP contribution in [0.15, 0.2) is 81.7 Å². The Morgan fingerprint density at radius 3 is 2.03 bits per heavy atom. The van der Waals surface area contributed by atoms with Crippen molar-refractivity contribution in [2.45, 2.75) is 6.92 Å². The second-order valence-corrected chi connectivity index (χ2v) is 9.12. The maximum atomic E-state index is 13.0. The van der Waals surface area contributed by atoms with E-state index in [2.05, 4.69) is 47.9 Å². The summed E-state index contributed by atoms with van der Waals surface area (Å²) in [4.78, 5) is 38.2. The molecule has 0 bridgehead atoms. The first kappa shape index (κ1) is 22.8. The fourth-order valence-electron chi connectivity index (χ4n) is 3.18. The zero-order chi connectivity index (χ0) is 23.5. The van der Waals surface area contributed by atoms with Crippen molar-refractivity contribution in [2.75, 3.05) is 16.1 Å². The normalized spacial score (nSPS) is 10.6. The summed E-state index contributed by atoms with van der Waals surface area (Å²) in [5.41, 5.74) is 5.39. The van der Waals surface area contributed by atoms with Gasteiger partial charge in [-0.3, -0.25) is 19.8 Å². The highest BCUT2D eigenvalue weighted by Gasteiger charge is 2.21. The Balaban J connectivity index is 1.61. The average molecular weight is 570 g/mol. The van der Waals surface area contributed by atoms with Crippen LogP contribution < -0.4 is 16.1 Å². The predicted molar refractivity (Wildman–Crippen MR) is 136 cm³/mol. The fraction of sp³-hybridized carbons (Fsp3) is 0.0417. The Morgan fingerprint density at radius 2 is 1.33 bits per heavy atom. The molecular formula is C24H18Br2N4O3. The van der Waals surface area contributed by atoms with Gasteiger partial charge in [-0.1, -0.05) is 49.6 Å². The molecular weight excluding hydrogens is 552 g/mol. The summed E-state index contributed by atoms with van der Waals surface area (Å²) in [5, 5.41) is 6.07. The van der Waals surface area contributed by atoms with Crippen LogP contribution in [0.3, 0.4) is 0 Å². The lowest BCUT2D eigenvalue weighted by molar-refractivity contribution is -0.133. The molecule has 166 valence electrons. The first-order valence-corrected chi connectivity index (χ1v) is 11.5. The average Bonchev–Trinajstić information content (AvgIpc) is 3.14. The van der Waals surface area contributed by atoms with Crippen LogP contribution in [0.25, 0.3) is 10.9 Å². The van der Waals surface area contributed by atoms with Gasteiger partial charge in [0.25, 0.3) is 5.91 Å². The van der Waals surface area contributed by atoms with Crippen LogP contribution in [-0.4, -0.2) is 22.4 Å². The van der Waals surface area contributed by atoms with Gasteiger partial charge in [0.1, 0.15) is 5.69 Å². The van der Waals surface area contributed by atoms with Crippen molar-refractivity contribution in [1.82, 2.24) is 4.68 Å². The fourth-order valence-corrected chi connectivity index (χ4v) is 3.82. The van der Waals surface area contributed by atoms with E-state index in [1.165, 1.54) is 4.68 Å². The van der Waals surface area contributed by atoms with E-state index in [-0.39, 0.29) is 5.69 Å². The third kappa shape index (κ3) is 5.32. The zero-order valence-corrected chi connectivity index (χ0v) is 20.5. The first-order valence-electron chi connectivity index (χ1n) is 9.87. The van der Waals surface area contributed by atoms with Crippen LogP contribution in [0.2, 0.25) is 0 Å². The molecule has 3 aromatic carbocycles. The number of rotatable bonds is 4. The molecule has 7 nitrogen and oxygen atoms in total. The number of benzene rings is 3. The largest absolute Gasteiger partial charge is 0.328 e. The second-order valence-electron chi connectivity index (χ2n) is 7.29. The van der Waals surface area contributed by atoms with E-state index in [0.29, 0.717) is 22.3 Å². The molecule has 0 radical (unpaired) electrons. The number of aryl methyl sites for hydroxylation is 1. The molecule has 33 heavy (non-hydrogen) atoms. The Hall–Kier alpha value is -3.43. The first-order chi connectivity index (χ1) is 15.8. The van der Waals surface area contributed by atoms with Crippen molar-refractivity contribution in [1.29, 1.82) is 0 Å². The molecule has 1 heterocycles. The minimum Gasteiger partial charge on any atom is -0.321 e. The van der Waals surface area contributed by atoms with Gasteiger partial charge in [0.15, 0.2) is 0 Å². The number of anilines is 2. The summed E-state index contributed by atoms with van der Waals surface area (Å²) in [6, 6.07) is 21.2. The van der Waals surface area contributed by atoms with Crippen LogP contribution >= 0.6 is 31.9 Å². The summed E-state index contributed by atoms with van der Waals surface area (Å²) < 4.78 is 3.01. The van der Waals surface area contributed by atoms with E-state index >= 15 is 0 Å². The number of hydrogen-bond acceptors (Lipinski definition) is 3. The molecule has 0 aliphatic carbocycles. The van der Waals surface area contributed by atoms with Gasteiger partial charge in [-0.05, 0) is 67.6 Å². The van der Waals surface area contributed by atoms with E-state index in [9.17, 15) is 14.4 Å². The zero-order valence-electron chi connectivity index (χ0n) is 17.4. The van der Waals surface area contributed by atoms with Crippen molar-refractivity contribution in [3.8, 4) is 0 Å². The molecule has 0 aliphatic heterocycles. The van der Waals surface area contributed by atoms with Crippen molar-refractivity contribution in [3.05, 3.63) is 93.0 Å². The molecule has 1 aromatic heterocycles. The number of fused-ring (bicyclic) bond motifs is 1. The minimum absolute atomic E-state index is 0.169. The standard InChI is InChI=1S/C24H18Br2N4O3/c1-14-2-7-18(8-3-14)28-23(32)24(33)29-30-20-11-6-17(26)12-15(20)13-21(30)22(31)27-19-9-4-16(25)5-10-19/h2-13H,1H3,(H,27,31)(H,28,32)(H,29,33). The molecule has 0 saturated carbocycles. The van der Waals surface area contributed by atoms with Crippen LogP contribution in [0, 0.1) is 6.92 Å². The lowest BCUT2D eigenvalue weighted by atomic mass is 10.2. The highest BCUT2D eigenvalue weighted by Crippen LogP contribution is 2.24. The number of carbonyl (C=O) groups excluding carboxylic acids is 3. The summed E-state index contributed by atoms with van der Waals surface area (Å²) >= 11 is 6.77. The van der Waals surface area contributed by atoms with Crippen LogP contribution in [0.1, 0.15) is 16.1 Å². The van der Waals surface area contributed by atoms with E-state index < -0.39 is 17.7 Å². The number of amides is 3. The van der Waals surface area contributed by atoms with Crippen molar-refractivity contribution >= 4 is 71.9 Å². The molecule has 4 aromatic rings. The van der Waals surface area contributed by atoms with Crippen LogP contribution in [0.4, 0.5) is 11.4 Å². The van der Waals surface area contributed by atoms with Gasteiger partial charge in [-0.2, -0.15) is 0 Å². The summed E-state index contributed by atoms with van der Waals surface area (Å²) in [5.74, 6) is -2.20. The van der Waals surface area contributed by atoms with Gasteiger partial charge in [-0.25, -0.2) is 4.68 Å². The SMILES string of the molecule is Cc1ccc(NC(=O)C(=O)Nn2c(C(=O)Nc3ccc(Br)cc3)cc3cc(Br)ccc32)cc1. The Labute approximate surface area is 206 Å². The van der Waals surface area contributed by atoms with Gasteiger partial charge in [-0.15, -0.1) is 0 Å². The molecule has 0 aliphatic rings. The van der Waals surface area contributed by atoms with Gasteiger partial charge in [0.2, 0.25) is 0 Å². The molecule has 0 saturated heterocycles. The van der Waals surface area contributed by atoms with E-state index in [1.807, 2.05) is 25.1 Å². The number of nitrogens with zero attached hydrogens (tertiary/aromatic N) is 1. The minimum atomic E-state index is -0.909. The molecule has 9 heteroatoms. The van der Waals surface area contributed by atoms with E-state index in [1.54, 1.807) is 54.6 Å². The number of carbonyl (C=O) groups is 3. The Kier molecular flexibility index (Phi) is 6.62. The van der Waals surface area contributed by atoms with Gasteiger partial charge in [0, 0.05) is 25.7 Å². The molecule has 0 unspecified atom stereocenters. The smallest absolute Gasteiger partial charge is 0.321 e. The third-order valence-corrected chi connectivity index (χ3v) is 5.85. The highest BCUT2D eigenvalue weighted by molar-refractivity contribution is 9.10. The molecule has 0 atom stereocenters. The molecule has 4 rings (SSSR count). The summed E-state index contributed by atoms with van der Waals surface area (Å²) in [6.07, 6.45) is 0. The van der Waals surface area contributed by atoms with E-state index in [4.69, 9.17) is 0 Å². The van der Waals surface area contributed by atoms with Crippen LogP contribution in [0.5, 0.6) is 0 Å². The quantitative estimate of drug-likeness (QED) is 0.286. The monoisotopic (exact) mass is 568 g/mol. The maximum absolute atomic E-state index is 13.0. The summed E-state index contributed by atoms with van der Waals surface area (Å²) in [6.45, 7) is 1.93. The molecule has 0 fully saturated rings. The molecule has 0 spiro atoms. The topological polar surface area (TPSA) is 92.2 Å². The Morgan fingerprint density at radius 1 is 0.727 bits per heavy atom. The third-order valence-electron chi connectivity index (χ3n) is 4.83. The van der Waals surface area contributed by atoms with Gasteiger partial charge in [0.05, 0.1) is 5.52 Å². The number of nitrogens with one attached hydrogen (secondary N) is 3. The lowest BCUT2D eigenvalue weighted by Gasteiger charge is -2.13. The lowest BCUT2D eigenvalue weighted by Crippen LogP contribution is -2.36. The summed E-state index contributed by atoms with van der Waals surface area (Å²) in [7, 11) is 0. The van der Waals surface area contributed by atoms with Crippen molar-refractivity contribution in [2.24, 2.45) is 0 Å². The van der Waals surface area contributed by atoms with Crippen molar-refractivity contribution in [3.63, 3.8) is 0 Å². The van der Waals surface area contributed by atoms with E-state index in [0.717, 1.165) is 14.5 Å². The molecule has 3 amide bonds. The van der Waals surface area contributed by atoms with Gasteiger partial charge < -0.3 is 10.6 Å². The number of halogens is 2. The molecule has 3 N–H and O–H groups in total. The Bertz CT molecular complexity index is 1360. The number of hydrogen-bond donors (Lipinski definition) is 3. The van der Waals surface area contributed by atoms with Crippen molar-refractivity contribution < 1.29 is 14.4 Å². The highest BCUT2D eigenvalue weighted by atomic mass is 79.9. The predicted octanol–water partition coefficient (Wildman–Crippen LogP) is 5.44.